The fourth-order valence-electron chi connectivity index (χ4n) is 2.03. The molecule has 2 atom stereocenters. The van der Waals surface area contributed by atoms with Gasteiger partial charge in [-0.3, -0.25) is 4.79 Å². The molecule has 0 bridgehead atoms. The lowest BCUT2D eigenvalue weighted by molar-refractivity contribution is -0.120. The normalized spacial score (nSPS) is 24.2. The molecule has 2 heterocycles. The van der Waals surface area contributed by atoms with E-state index in [1.54, 1.807) is 0 Å². The van der Waals surface area contributed by atoms with E-state index in [0.29, 0.717) is 11.0 Å². The Morgan fingerprint density at radius 2 is 2.22 bits per heavy atom. The van der Waals surface area contributed by atoms with E-state index < -0.39 is 0 Å². The van der Waals surface area contributed by atoms with Crippen LogP contribution in [-0.2, 0) is 10.2 Å². The highest BCUT2D eigenvalue weighted by Gasteiger charge is 2.30. The summed E-state index contributed by atoms with van der Waals surface area (Å²) < 4.78 is 0. The Morgan fingerprint density at radius 3 is 2.72 bits per heavy atom. The Labute approximate surface area is 112 Å². The first-order valence-electron chi connectivity index (χ1n) is 6.35. The molecule has 2 N–H and O–H groups in total. The average Bonchev–Trinajstić information content (AvgIpc) is 2.85. The summed E-state index contributed by atoms with van der Waals surface area (Å²) in [7, 11) is 0. The van der Waals surface area contributed by atoms with Crippen LogP contribution < -0.4 is 10.6 Å². The van der Waals surface area contributed by atoms with Gasteiger partial charge in [-0.1, -0.05) is 27.7 Å². The third kappa shape index (κ3) is 2.90. The Balaban J connectivity index is 2.01. The summed E-state index contributed by atoms with van der Waals surface area (Å²) in [6.07, 6.45) is 0. The number of thiazole rings is 1. The molecular weight excluding hydrogens is 246 g/mol. The van der Waals surface area contributed by atoms with Gasteiger partial charge in [0.1, 0.15) is 0 Å². The van der Waals surface area contributed by atoms with Crippen LogP contribution in [0.4, 0.5) is 5.13 Å². The maximum atomic E-state index is 12.1. The maximum absolute atomic E-state index is 12.1. The van der Waals surface area contributed by atoms with Gasteiger partial charge in [0.05, 0.1) is 11.6 Å². The maximum Gasteiger partial charge on any atom is 0.230 e. The number of carbonyl (C=O) groups is 1. The number of nitrogens with zero attached hydrogens (tertiary/aromatic N) is 1. The van der Waals surface area contributed by atoms with Gasteiger partial charge >= 0.3 is 0 Å². The van der Waals surface area contributed by atoms with Crippen molar-refractivity contribution < 1.29 is 4.79 Å². The van der Waals surface area contributed by atoms with E-state index in [2.05, 4.69) is 43.3 Å². The topological polar surface area (TPSA) is 54.0 Å². The number of anilines is 1. The van der Waals surface area contributed by atoms with Crippen molar-refractivity contribution >= 4 is 22.4 Å². The van der Waals surface area contributed by atoms with Crippen LogP contribution in [0.5, 0.6) is 0 Å². The largest absolute Gasteiger partial charge is 0.316 e. The van der Waals surface area contributed by atoms with Crippen LogP contribution in [0.3, 0.4) is 0 Å². The van der Waals surface area contributed by atoms with Crippen molar-refractivity contribution in [3.63, 3.8) is 0 Å². The second-order valence-electron chi connectivity index (χ2n) is 6.02. The van der Waals surface area contributed by atoms with Gasteiger partial charge in [0.15, 0.2) is 5.13 Å². The molecule has 2 unspecified atom stereocenters. The molecule has 100 valence electrons. The summed E-state index contributed by atoms with van der Waals surface area (Å²) in [4.78, 5) is 16.6. The van der Waals surface area contributed by atoms with Gasteiger partial charge in [0.2, 0.25) is 5.91 Å². The monoisotopic (exact) mass is 267 g/mol. The van der Waals surface area contributed by atoms with Crippen LogP contribution in [0, 0.1) is 11.8 Å². The van der Waals surface area contributed by atoms with Crippen LogP contribution in [0.25, 0.3) is 0 Å². The highest BCUT2D eigenvalue weighted by Crippen LogP contribution is 2.27. The lowest BCUT2D eigenvalue weighted by Gasteiger charge is -2.15. The van der Waals surface area contributed by atoms with Crippen molar-refractivity contribution in [2.75, 3.05) is 18.4 Å². The Hall–Kier alpha value is -0.940. The minimum atomic E-state index is 0.0294. The van der Waals surface area contributed by atoms with Crippen LogP contribution >= 0.6 is 11.3 Å². The number of rotatable bonds is 2. The van der Waals surface area contributed by atoms with Crippen LogP contribution in [0.2, 0.25) is 0 Å². The molecule has 4 nitrogen and oxygen atoms in total. The van der Waals surface area contributed by atoms with E-state index in [1.807, 2.05) is 5.38 Å². The van der Waals surface area contributed by atoms with Gasteiger partial charge in [-0.25, -0.2) is 4.98 Å². The first kappa shape index (κ1) is 13.5. The van der Waals surface area contributed by atoms with Gasteiger partial charge in [0.25, 0.3) is 0 Å². The summed E-state index contributed by atoms with van der Waals surface area (Å²) in [5.41, 5.74) is 1.06. The standard InChI is InChI=1S/C13H21N3OS/c1-8-5-14-6-9(8)11(17)16-12-15-10(7-18-12)13(2,3)4/h7-9,14H,5-6H2,1-4H3,(H,15,16,17). The zero-order valence-electron chi connectivity index (χ0n) is 11.4. The molecule has 1 aliphatic heterocycles. The molecule has 0 spiro atoms. The summed E-state index contributed by atoms with van der Waals surface area (Å²) in [5.74, 6) is 0.543. The van der Waals surface area contributed by atoms with Crippen molar-refractivity contribution in [3.05, 3.63) is 11.1 Å². The number of carbonyl (C=O) groups excluding carboxylic acids is 1. The third-order valence-corrected chi connectivity index (χ3v) is 4.11. The molecule has 0 saturated carbocycles. The highest BCUT2D eigenvalue weighted by molar-refractivity contribution is 7.13. The molecule has 18 heavy (non-hydrogen) atoms. The van der Waals surface area contributed by atoms with Gasteiger partial charge in [-0.05, 0) is 12.5 Å². The van der Waals surface area contributed by atoms with Crippen molar-refractivity contribution in [2.24, 2.45) is 11.8 Å². The van der Waals surface area contributed by atoms with Crippen molar-refractivity contribution in [1.29, 1.82) is 0 Å². The molecule has 1 aromatic rings. The van der Waals surface area contributed by atoms with E-state index in [4.69, 9.17) is 0 Å². The van der Waals surface area contributed by atoms with E-state index in [-0.39, 0.29) is 17.2 Å². The first-order valence-corrected chi connectivity index (χ1v) is 7.23. The van der Waals surface area contributed by atoms with Crippen LogP contribution in [-0.4, -0.2) is 24.0 Å². The Kier molecular flexibility index (Phi) is 3.73. The van der Waals surface area contributed by atoms with Crippen molar-refractivity contribution in [3.8, 4) is 0 Å². The molecule has 1 saturated heterocycles. The Morgan fingerprint density at radius 1 is 1.50 bits per heavy atom. The molecule has 1 aliphatic rings. The lowest BCUT2D eigenvalue weighted by atomic mass is 9.93. The smallest absolute Gasteiger partial charge is 0.230 e. The molecule has 0 aromatic carbocycles. The molecule has 0 aliphatic carbocycles. The Bertz CT molecular complexity index is 436. The second-order valence-corrected chi connectivity index (χ2v) is 6.88. The summed E-state index contributed by atoms with van der Waals surface area (Å²) >= 11 is 1.50. The minimum Gasteiger partial charge on any atom is -0.316 e. The SMILES string of the molecule is CC1CNCC1C(=O)Nc1nc(C(C)(C)C)cs1. The zero-order chi connectivity index (χ0) is 13.3. The van der Waals surface area contributed by atoms with Gasteiger partial charge in [-0.15, -0.1) is 11.3 Å². The summed E-state index contributed by atoms with van der Waals surface area (Å²) in [6.45, 7) is 10.2. The summed E-state index contributed by atoms with van der Waals surface area (Å²) in [6, 6.07) is 0. The number of hydrogen-bond acceptors (Lipinski definition) is 4. The molecule has 2 rings (SSSR count). The zero-order valence-corrected chi connectivity index (χ0v) is 12.2. The lowest BCUT2D eigenvalue weighted by Crippen LogP contribution is -2.27. The quantitative estimate of drug-likeness (QED) is 0.864. The molecule has 1 fully saturated rings. The predicted molar refractivity (Wildman–Crippen MR) is 75.0 cm³/mol. The van der Waals surface area contributed by atoms with Gasteiger partial charge < -0.3 is 10.6 Å². The summed E-state index contributed by atoms with van der Waals surface area (Å²) in [5, 5.41) is 8.91. The van der Waals surface area contributed by atoms with Crippen LogP contribution in [0.1, 0.15) is 33.4 Å². The third-order valence-electron chi connectivity index (χ3n) is 3.36. The van der Waals surface area contributed by atoms with Crippen molar-refractivity contribution in [1.82, 2.24) is 10.3 Å². The number of aromatic nitrogens is 1. The fraction of sp³-hybridized carbons (Fsp3) is 0.692. The molecule has 5 heteroatoms. The molecule has 0 radical (unpaired) electrons. The van der Waals surface area contributed by atoms with Crippen LogP contribution in [0.15, 0.2) is 5.38 Å². The van der Waals surface area contributed by atoms with Gasteiger partial charge in [0, 0.05) is 17.3 Å². The predicted octanol–water partition coefficient (Wildman–Crippen LogP) is 2.23. The average molecular weight is 267 g/mol. The number of amides is 1. The molecular formula is C13H21N3OS. The molecule has 1 amide bonds. The highest BCUT2D eigenvalue weighted by atomic mass is 32.1. The number of nitrogens with one attached hydrogen (secondary N) is 2. The fourth-order valence-corrected chi connectivity index (χ4v) is 2.97. The minimum absolute atomic E-state index is 0.0294. The van der Waals surface area contributed by atoms with E-state index >= 15 is 0 Å². The molecule has 1 aromatic heterocycles. The van der Waals surface area contributed by atoms with E-state index in [9.17, 15) is 4.79 Å². The van der Waals surface area contributed by atoms with E-state index in [1.165, 1.54) is 11.3 Å². The first-order chi connectivity index (χ1) is 8.38. The number of hydrogen-bond donors (Lipinski definition) is 2. The van der Waals surface area contributed by atoms with Gasteiger partial charge in [-0.2, -0.15) is 0 Å². The second kappa shape index (κ2) is 4.97. The van der Waals surface area contributed by atoms with E-state index in [0.717, 1.165) is 18.8 Å². The van der Waals surface area contributed by atoms with Crippen molar-refractivity contribution in [2.45, 2.75) is 33.1 Å².